The maximum atomic E-state index is 13.2. The Labute approximate surface area is 153 Å². The van der Waals surface area contributed by atoms with Crippen LogP contribution in [-0.4, -0.2) is 42.1 Å². The predicted octanol–water partition coefficient (Wildman–Crippen LogP) is 3.45. The molecule has 7 heteroatoms. The van der Waals surface area contributed by atoms with E-state index >= 15 is 0 Å². The van der Waals surface area contributed by atoms with Crippen LogP contribution in [0, 0.1) is 5.82 Å². The summed E-state index contributed by atoms with van der Waals surface area (Å²) < 4.78 is 13.2. The van der Waals surface area contributed by atoms with Crippen LogP contribution in [0.5, 0.6) is 0 Å². The van der Waals surface area contributed by atoms with Crippen molar-refractivity contribution in [3.05, 3.63) is 30.1 Å². The average molecular weight is 362 g/mol. The fourth-order valence-corrected chi connectivity index (χ4v) is 3.66. The van der Waals surface area contributed by atoms with Gasteiger partial charge in [0.15, 0.2) is 0 Å². The molecule has 0 bridgehead atoms. The number of nitrogens with one attached hydrogen (secondary N) is 3. The van der Waals surface area contributed by atoms with Crippen LogP contribution in [0.2, 0.25) is 0 Å². The summed E-state index contributed by atoms with van der Waals surface area (Å²) in [5.74, 6) is -0.380. The molecule has 26 heavy (non-hydrogen) atoms. The van der Waals surface area contributed by atoms with E-state index in [1.165, 1.54) is 31.4 Å². The number of anilines is 1. The van der Waals surface area contributed by atoms with E-state index in [1.54, 1.807) is 17.0 Å². The Hall–Kier alpha value is -2.31. The third kappa shape index (κ3) is 5.34. The van der Waals surface area contributed by atoms with Gasteiger partial charge in [0.05, 0.1) is 0 Å². The molecule has 142 valence electrons. The van der Waals surface area contributed by atoms with Crippen LogP contribution >= 0.6 is 0 Å². The number of piperidine rings is 1. The van der Waals surface area contributed by atoms with E-state index in [4.69, 9.17) is 0 Å². The fraction of sp³-hybridized carbons (Fsp3) is 0.579. The number of nitrogens with zero attached hydrogens (tertiary/aromatic N) is 1. The van der Waals surface area contributed by atoms with Gasteiger partial charge >= 0.3 is 12.1 Å². The molecule has 1 aromatic carbocycles. The van der Waals surface area contributed by atoms with E-state index in [2.05, 4.69) is 16.0 Å². The van der Waals surface area contributed by atoms with E-state index in [9.17, 15) is 14.0 Å². The lowest BCUT2D eigenvalue weighted by molar-refractivity contribution is 0.186. The third-order valence-electron chi connectivity index (χ3n) is 5.13. The van der Waals surface area contributed by atoms with Gasteiger partial charge in [-0.25, -0.2) is 14.0 Å². The van der Waals surface area contributed by atoms with E-state index in [0.717, 1.165) is 12.8 Å². The topological polar surface area (TPSA) is 73.5 Å². The highest BCUT2D eigenvalue weighted by atomic mass is 19.1. The number of likely N-dealkylation sites (tertiary alicyclic amines) is 1. The lowest BCUT2D eigenvalue weighted by Gasteiger charge is -2.33. The number of hydrogen-bond donors (Lipinski definition) is 3. The zero-order valence-corrected chi connectivity index (χ0v) is 15.0. The van der Waals surface area contributed by atoms with Gasteiger partial charge in [-0.2, -0.15) is 0 Å². The molecule has 0 spiro atoms. The standard InChI is InChI=1S/C19H27FN4O2/c20-14-5-4-8-17(13-14)23-19(26)24-11-9-16(10-12-24)22-18(25)21-15-6-2-1-3-7-15/h4-5,8,13,15-16H,1-3,6-7,9-12H2,(H,23,26)(H2,21,22,25). The predicted molar refractivity (Wildman–Crippen MR) is 98.6 cm³/mol. The molecule has 0 unspecified atom stereocenters. The molecule has 3 rings (SSSR count). The quantitative estimate of drug-likeness (QED) is 0.770. The van der Waals surface area contributed by atoms with Crippen LogP contribution in [0.4, 0.5) is 19.7 Å². The Morgan fingerprint density at radius 2 is 1.62 bits per heavy atom. The van der Waals surface area contributed by atoms with Crippen LogP contribution in [0.15, 0.2) is 24.3 Å². The summed E-state index contributed by atoms with van der Waals surface area (Å²) in [6.45, 7) is 1.13. The van der Waals surface area contributed by atoms with Gasteiger partial charge in [-0.15, -0.1) is 0 Å². The van der Waals surface area contributed by atoms with E-state index in [0.29, 0.717) is 37.7 Å². The highest BCUT2D eigenvalue weighted by molar-refractivity contribution is 5.89. The van der Waals surface area contributed by atoms with Gasteiger partial charge in [0.25, 0.3) is 0 Å². The lowest BCUT2D eigenvalue weighted by atomic mass is 9.96. The molecular formula is C19H27FN4O2. The van der Waals surface area contributed by atoms with Crippen molar-refractivity contribution in [1.29, 1.82) is 0 Å². The maximum Gasteiger partial charge on any atom is 0.321 e. The number of hydrogen-bond acceptors (Lipinski definition) is 2. The van der Waals surface area contributed by atoms with Gasteiger partial charge in [-0.3, -0.25) is 0 Å². The molecule has 0 atom stereocenters. The second-order valence-electron chi connectivity index (χ2n) is 7.15. The average Bonchev–Trinajstić information content (AvgIpc) is 2.63. The number of carbonyl (C=O) groups is 2. The van der Waals surface area contributed by atoms with Gasteiger partial charge in [-0.1, -0.05) is 25.3 Å². The van der Waals surface area contributed by atoms with Gasteiger partial charge in [0, 0.05) is 30.9 Å². The Morgan fingerprint density at radius 3 is 2.27 bits per heavy atom. The first-order valence-electron chi connectivity index (χ1n) is 9.49. The number of amides is 4. The molecule has 1 heterocycles. The molecule has 1 aliphatic carbocycles. The van der Waals surface area contributed by atoms with E-state index < -0.39 is 0 Å². The number of benzene rings is 1. The third-order valence-corrected chi connectivity index (χ3v) is 5.13. The minimum absolute atomic E-state index is 0.0804. The van der Waals surface area contributed by atoms with E-state index in [-0.39, 0.29) is 23.9 Å². The molecular weight excluding hydrogens is 335 g/mol. The summed E-state index contributed by atoms with van der Waals surface area (Å²) in [5, 5.41) is 8.79. The zero-order chi connectivity index (χ0) is 18.4. The Balaban J connectivity index is 1.39. The minimum Gasteiger partial charge on any atom is -0.335 e. The monoisotopic (exact) mass is 362 g/mol. The summed E-state index contributed by atoms with van der Waals surface area (Å²) in [5.41, 5.74) is 0.446. The molecule has 4 amide bonds. The Morgan fingerprint density at radius 1 is 0.962 bits per heavy atom. The van der Waals surface area contributed by atoms with Crippen molar-refractivity contribution in [2.24, 2.45) is 0 Å². The van der Waals surface area contributed by atoms with Crippen molar-refractivity contribution < 1.29 is 14.0 Å². The second kappa shape index (κ2) is 8.87. The molecule has 0 radical (unpaired) electrons. The summed E-state index contributed by atoms with van der Waals surface area (Å²) in [6, 6.07) is 5.89. The zero-order valence-electron chi connectivity index (χ0n) is 15.0. The summed E-state index contributed by atoms with van der Waals surface area (Å²) in [7, 11) is 0. The van der Waals surface area contributed by atoms with Crippen molar-refractivity contribution in [2.75, 3.05) is 18.4 Å². The summed E-state index contributed by atoms with van der Waals surface area (Å²) in [4.78, 5) is 26.1. The molecule has 6 nitrogen and oxygen atoms in total. The molecule has 0 aromatic heterocycles. The molecule has 1 aliphatic heterocycles. The number of carbonyl (C=O) groups excluding carboxylic acids is 2. The first-order chi connectivity index (χ1) is 12.6. The number of urea groups is 2. The SMILES string of the molecule is O=C(NC1CCCCC1)NC1CCN(C(=O)Nc2cccc(F)c2)CC1. The Bertz CT molecular complexity index is 626. The first kappa shape index (κ1) is 18.5. The normalized spacial score (nSPS) is 19.0. The van der Waals surface area contributed by atoms with Crippen molar-refractivity contribution in [2.45, 2.75) is 57.0 Å². The second-order valence-corrected chi connectivity index (χ2v) is 7.15. The maximum absolute atomic E-state index is 13.2. The summed E-state index contributed by atoms with van der Waals surface area (Å²) >= 11 is 0. The molecule has 1 aromatic rings. The number of rotatable bonds is 3. The molecule has 2 fully saturated rings. The van der Waals surface area contributed by atoms with Crippen molar-refractivity contribution in [3.63, 3.8) is 0 Å². The lowest BCUT2D eigenvalue weighted by Crippen LogP contribution is -2.51. The fourth-order valence-electron chi connectivity index (χ4n) is 3.66. The van der Waals surface area contributed by atoms with Crippen molar-refractivity contribution in [3.8, 4) is 0 Å². The van der Waals surface area contributed by atoms with Gasteiger partial charge < -0.3 is 20.9 Å². The van der Waals surface area contributed by atoms with Crippen LogP contribution in [0.25, 0.3) is 0 Å². The molecule has 3 N–H and O–H groups in total. The van der Waals surface area contributed by atoms with Crippen LogP contribution in [0.1, 0.15) is 44.9 Å². The molecule has 2 aliphatic rings. The summed E-state index contributed by atoms with van der Waals surface area (Å²) in [6.07, 6.45) is 7.19. The van der Waals surface area contributed by atoms with Gasteiger partial charge in [-0.05, 0) is 43.9 Å². The van der Waals surface area contributed by atoms with Crippen LogP contribution < -0.4 is 16.0 Å². The van der Waals surface area contributed by atoms with Crippen molar-refractivity contribution in [1.82, 2.24) is 15.5 Å². The molecule has 1 saturated heterocycles. The number of halogens is 1. The largest absolute Gasteiger partial charge is 0.335 e. The first-order valence-corrected chi connectivity index (χ1v) is 9.49. The van der Waals surface area contributed by atoms with Gasteiger partial charge in [0.2, 0.25) is 0 Å². The highest BCUT2D eigenvalue weighted by Crippen LogP contribution is 2.18. The van der Waals surface area contributed by atoms with Crippen LogP contribution in [-0.2, 0) is 0 Å². The van der Waals surface area contributed by atoms with Crippen LogP contribution in [0.3, 0.4) is 0 Å². The molecule has 1 saturated carbocycles. The highest BCUT2D eigenvalue weighted by Gasteiger charge is 2.25. The van der Waals surface area contributed by atoms with Crippen molar-refractivity contribution >= 4 is 17.7 Å². The minimum atomic E-state index is -0.380. The smallest absolute Gasteiger partial charge is 0.321 e. The van der Waals surface area contributed by atoms with Gasteiger partial charge in [0.1, 0.15) is 5.82 Å². The van der Waals surface area contributed by atoms with E-state index in [1.807, 2.05) is 0 Å². The Kier molecular flexibility index (Phi) is 6.30.